The Morgan fingerprint density at radius 3 is 2.39 bits per heavy atom. The van der Waals surface area contributed by atoms with E-state index in [1.165, 1.54) is 6.42 Å². The highest BCUT2D eigenvalue weighted by molar-refractivity contribution is 14.0. The van der Waals surface area contributed by atoms with Crippen LogP contribution in [0.3, 0.4) is 0 Å². The number of halogens is 1. The monoisotopic (exact) mass is 457 g/mol. The maximum absolute atomic E-state index is 5.50. The Labute approximate surface area is 164 Å². The molecule has 1 fully saturated rings. The molecule has 0 aromatic rings. The lowest BCUT2D eigenvalue weighted by atomic mass is 9.89. The molecule has 0 amide bonds. The van der Waals surface area contributed by atoms with Gasteiger partial charge in [0.05, 0.1) is 0 Å². The molecule has 0 saturated carbocycles. The van der Waals surface area contributed by atoms with Crippen LogP contribution in [0.25, 0.3) is 0 Å². The first kappa shape index (κ1) is 23.3. The van der Waals surface area contributed by atoms with E-state index in [0.29, 0.717) is 11.5 Å². The van der Waals surface area contributed by atoms with Crippen molar-refractivity contribution < 1.29 is 4.74 Å². The highest BCUT2D eigenvalue weighted by atomic mass is 127. The fraction of sp³-hybridized carbons (Fsp3) is 0.941. The van der Waals surface area contributed by atoms with Crippen molar-refractivity contribution in [2.75, 3.05) is 33.1 Å². The van der Waals surface area contributed by atoms with Crippen LogP contribution in [0.2, 0.25) is 0 Å². The Morgan fingerprint density at radius 2 is 1.91 bits per heavy atom. The van der Waals surface area contributed by atoms with Gasteiger partial charge in [0.2, 0.25) is 0 Å². The predicted molar refractivity (Wildman–Crippen MR) is 114 cm³/mol. The maximum atomic E-state index is 5.50. The van der Waals surface area contributed by atoms with Crippen LogP contribution in [-0.2, 0) is 4.74 Å². The first-order valence-electron chi connectivity index (χ1n) is 8.40. The summed E-state index contributed by atoms with van der Waals surface area (Å²) in [5, 5.41) is 7.04. The molecule has 0 aliphatic carbocycles. The summed E-state index contributed by atoms with van der Waals surface area (Å²) in [6, 6.07) is 0.436. The zero-order valence-corrected chi connectivity index (χ0v) is 18.8. The Morgan fingerprint density at radius 1 is 1.30 bits per heavy atom. The van der Waals surface area contributed by atoms with Gasteiger partial charge in [-0.15, -0.1) is 24.0 Å². The highest BCUT2D eigenvalue weighted by Gasteiger charge is 2.31. The number of nitrogens with zero attached hydrogens (tertiary/aromatic N) is 1. The van der Waals surface area contributed by atoms with Crippen LogP contribution in [0, 0.1) is 5.41 Å². The average molecular weight is 457 g/mol. The molecular weight excluding hydrogens is 421 g/mol. The van der Waals surface area contributed by atoms with E-state index in [1.807, 2.05) is 18.8 Å². The molecule has 0 radical (unpaired) electrons. The topological polar surface area (TPSA) is 45.7 Å². The molecule has 2 N–H and O–H groups in total. The molecule has 0 aromatic heterocycles. The van der Waals surface area contributed by atoms with Crippen molar-refractivity contribution >= 4 is 41.7 Å². The van der Waals surface area contributed by atoms with E-state index in [2.05, 4.69) is 49.6 Å². The molecule has 1 atom stereocenters. The van der Waals surface area contributed by atoms with Crippen LogP contribution in [-0.4, -0.2) is 49.8 Å². The maximum Gasteiger partial charge on any atom is 0.191 e. The third-order valence-corrected chi connectivity index (χ3v) is 5.77. The molecule has 0 bridgehead atoms. The van der Waals surface area contributed by atoms with Crippen LogP contribution in [0.1, 0.15) is 53.4 Å². The number of aliphatic imine (C=N–C) groups is 1. The number of hydrogen-bond donors (Lipinski definition) is 2. The van der Waals surface area contributed by atoms with Crippen molar-refractivity contribution in [1.29, 1.82) is 0 Å². The molecule has 1 unspecified atom stereocenters. The summed E-state index contributed by atoms with van der Waals surface area (Å²) in [7, 11) is 1.85. The summed E-state index contributed by atoms with van der Waals surface area (Å²) < 4.78 is 5.78. The van der Waals surface area contributed by atoms with Gasteiger partial charge in [-0.05, 0) is 44.3 Å². The van der Waals surface area contributed by atoms with Crippen molar-refractivity contribution in [3.05, 3.63) is 0 Å². The van der Waals surface area contributed by atoms with Gasteiger partial charge < -0.3 is 15.4 Å². The van der Waals surface area contributed by atoms with Gasteiger partial charge in [-0.2, -0.15) is 11.8 Å². The first-order valence-corrected chi connectivity index (χ1v) is 9.63. The molecule has 0 spiro atoms. The van der Waals surface area contributed by atoms with Gasteiger partial charge in [-0.1, -0.05) is 20.8 Å². The number of thioether (sulfide) groups is 1. The van der Waals surface area contributed by atoms with Crippen LogP contribution in [0.15, 0.2) is 4.99 Å². The number of hydrogen-bond acceptors (Lipinski definition) is 3. The molecule has 23 heavy (non-hydrogen) atoms. The van der Waals surface area contributed by atoms with E-state index in [0.717, 1.165) is 45.0 Å². The quantitative estimate of drug-likeness (QED) is 0.361. The average Bonchev–Trinajstić information content (AvgIpc) is 2.49. The third-order valence-electron chi connectivity index (χ3n) is 4.35. The lowest BCUT2D eigenvalue weighted by molar-refractivity contribution is 0.0782. The van der Waals surface area contributed by atoms with Gasteiger partial charge in [0.1, 0.15) is 0 Å². The van der Waals surface area contributed by atoms with Gasteiger partial charge in [0.25, 0.3) is 0 Å². The molecule has 138 valence electrons. The Bertz CT molecular complexity index is 352. The minimum absolute atomic E-state index is 0. The number of guanidine groups is 1. The van der Waals surface area contributed by atoms with Crippen LogP contribution in [0.4, 0.5) is 0 Å². The molecule has 1 saturated heterocycles. The summed E-state index contributed by atoms with van der Waals surface area (Å²) in [5.41, 5.74) is 0.387. The zero-order valence-electron chi connectivity index (χ0n) is 15.7. The molecule has 1 heterocycles. The summed E-state index contributed by atoms with van der Waals surface area (Å²) >= 11 is 1.95. The van der Waals surface area contributed by atoms with Gasteiger partial charge in [-0.3, -0.25) is 4.99 Å². The van der Waals surface area contributed by atoms with Gasteiger partial charge in [-0.25, -0.2) is 0 Å². The Kier molecular flexibility index (Phi) is 11.2. The van der Waals surface area contributed by atoms with E-state index in [9.17, 15) is 0 Å². The Hall–Kier alpha value is 0.310. The van der Waals surface area contributed by atoms with E-state index in [4.69, 9.17) is 4.74 Å². The van der Waals surface area contributed by atoms with Crippen LogP contribution in [0.5, 0.6) is 0 Å². The molecule has 0 aromatic carbocycles. The number of nitrogens with one attached hydrogen (secondary N) is 2. The van der Waals surface area contributed by atoms with Crippen molar-refractivity contribution in [2.45, 2.75) is 64.2 Å². The normalized spacial score (nSPS) is 19.7. The summed E-state index contributed by atoms with van der Waals surface area (Å²) in [6.07, 6.45) is 6.79. The van der Waals surface area contributed by atoms with E-state index >= 15 is 0 Å². The number of rotatable bonds is 6. The van der Waals surface area contributed by atoms with Crippen molar-refractivity contribution in [1.82, 2.24) is 10.6 Å². The van der Waals surface area contributed by atoms with Crippen molar-refractivity contribution in [2.24, 2.45) is 10.4 Å². The molecule has 4 nitrogen and oxygen atoms in total. The fourth-order valence-electron chi connectivity index (χ4n) is 2.59. The molecule has 6 heteroatoms. The summed E-state index contributed by atoms with van der Waals surface area (Å²) in [5.74, 6) is 0.918. The zero-order chi connectivity index (χ0) is 16.6. The SMILES string of the molecule is CN=C(NCC1(SC)CCOCC1)NC(C)CCC(C)(C)C.I. The fourth-order valence-corrected chi connectivity index (χ4v) is 3.38. The van der Waals surface area contributed by atoms with Crippen molar-refractivity contribution in [3.63, 3.8) is 0 Å². The van der Waals surface area contributed by atoms with Gasteiger partial charge in [0.15, 0.2) is 5.96 Å². The van der Waals surface area contributed by atoms with E-state index in [-0.39, 0.29) is 28.7 Å². The smallest absolute Gasteiger partial charge is 0.191 e. The molecule has 1 aliphatic rings. The summed E-state index contributed by atoms with van der Waals surface area (Å²) in [4.78, 5) is 4.38. The van der Waals surface area contributed by atoms with Crippen LogP contribution < -0.4 is 10.6 Å². The molecule has 1 rings (SSSR count). The van der Waals surface area contributed by atoms with E-state index in [1.54, 1.807) is 0 Å². The summed E-state index contributed by atoms with van der Waals surface area (Å²) in [6.45, 7) is 11.8. The second kappa shape index (κ2) is 11.0. The largest absolute Gasteiger partial charge is 0.381 e. The third kappa shape index (κ3) is 9.39. The number of ether oxygens (including phenoxy) is 1. The van der Waals surface area contributed by atoms with Crippen LogP contribution >= 0.6 is 35.7 Å². The second-order valence-electron chi connectivity index (χ2n) is 7.57. The lowest BCUT2D eigenvalue weighted by Crippen LogP contribution is -2.49. The predicted octanol–water partition coefficient (Wildman–Crippen LogP) is 3.90. The van der Waals surface area contributed by atoms with Gasteiger partial charge in [0, 0.05) is 37.6 Å². The first-order chi connectivity index (χ1) is 10.3. The molecule has 1 aliphatic heterocycles. The minimum Gasteiger partial charge on any atom is -0.381 e. The van der Waals surface area contributed by atoms with E-state index < -0.39 is 0 Å². The molecular formula is C17H36IN3OS. The van der Waals surface area contributed by atoms with Crippen molar-refractivity contribution in [3.8, 4) is 0 Å². The minimum atomic E-state index is 0. The van der Waals surface area contributed by atoms with Gasteiger partial charge >= 0.3 is 0 Å². The highest BCUT2D eigenvalue weighted by Crippen LogP contribution is 2.32. The Balaban J connectivity index is 0.00000484. The standard InChI is InChI=1S/C17H35N3OS.HI/c1-14(7-8-16(2,3)4)20-15(18-5)19-13-17(22-6)9-11-21-12-10-17;/h14H,7-13H2,1-6H3,(H2,18,19,20);1H. The second-order valence-corrected chi connectivity index (χ2v) is 8.84. The lowest BCUT2D eigenvalue weighted by Gasteiger charge is -2.36.